The van der Waals surface area contributed by atoms with Crippen LogP contribution in [-0.4, -0.2) is 24.9 Å². The maximum atomic E-state index is 12.2. The second kappa shape index (κ2) is 55.2. The molecule has 0 aliphatic rings. The summed E-state index contributed by atoms with van der Waals surface area (Å²) >= 11 is 0. The van der Waals surface area contributed by atoms with Crippen molar-refractivity contribution in [3.05, 3.63) is 0 Å². The first-order valence-electron chi connectivity index (χ1n) is 28.2. The van der Waals surface area contributed by atoms with E-state index in [-0.39, 0.29) is 11.8 Å². The highest BCUT2D eigenvalue weighted by Gasteiger charge is 2.03. The van der Waals surface area contributed by atoms with E-state index >= 15 is 0 Å². The summed E-state index contributed by atoms with van der Waals surface area (Å²) in [6, 6.07) is 0. The molecule has 0 rings (SSSR count). The van der Waals surface area contributed by atoms with E-state index in [4.69, 9.17) is 0 Å². The summed E-state index contributed by atoms with van der Waals surface area (Å²) in [6.07, 6.45) is 61.5. The summed E-state index contributed by atoms with van der Waals surface area (Å²) in [5.74, 6) is 13.0. The fourth-order valence-electron chi connectivity index (χ4n) is 8.60. The molecule has 0 heterocycles. The molecule has 0 aliphatic carbocycles. The predicted molar refractivity (Wildman–Crippen MR) is 275 cm³/mol. The van der Waals surface area contributed by atoms with Crippen molar-refractivity contribution in [2.75, 3.05) is 13.1 Å². The number of hydrogen-bond donors (Lipinski definition) is 2. The quantitative estimate of drug-likeness (QED) is 0.0473. The van der Waals surface area contributed by atoms with Crippen molar-refractivity contribution in [2.45, 2.75) is 322 Å². The van der Waals surface area contributed by atoms with Crippen LogP contribution in [0.4, 0.5) is 0 Å². The van der Waals surface area contributed by atoms with E-state index in [0.717, 1.165) is 77.3 Å². The molecule has 0 aromatic rings. The van der Waals surface area contributed by atoms with Crippen LogP contribution in [0.2, 0.25) is 0 Å². The lowest BCUT2D eigenvalue weighted by Crippen LogP contribution is -2.23. The van der Waals surface area contributed by atoms with Gasteiger partial charge in [-0.2, -0.15) is 0 Å². The molecule has 62 heavy (non-hydrogen) atoms. The molecule has 0 aromatic carbocycles. The summed E-state index contributed by atoms with van der Waals surface area (Å²) in [7, 11) is 0. The molecular weight excluding hydrogens is 757 g/mol. The summed E-state index contributed by atoms with van der Waals surface area (Å²) in [4.78, 5) is 24.3. The van der Waals surface area contributed by atoms with Crippen molar-refractivity contribution in [3.8, 4) is 23.7 Å². The van der Waals surface area contributed by atoms with E-state index in [1.165, 1.54) is 231 Å². The molecule has 0 fully saturated rings. The molecule has 0 atom stereocenters. The van der Waals surface area contributed by atoms with Crippen molar-refractivity contribution in [1.82, 2.24) is 10.6 Å². The average Bonchev–Trinajstić information content (AvgIpc) is 3.27. The van der Waals surface area contributed by atoms with Gasteiger partial charge in [-0.1, -0.05) is 270 Å². The van der Waals surface area contributed by atoms with Crippen LogP contribution >= 0.6 is 0 Å². The minimum absolute atomic E-state index is 0.241. The standard InChI is InChI=1S/C58H108N2O2/c1-3-5-7-9-11-13-15-17-19-27-31-35-39-43-47-51-55-59-57(61)53-49-45-41-37-33-29-25-23-21-22-24-26-30-34-38-42-46-50-54-58(62)60-56-52-48-44-40-36-32-28-20-18-16-14-12-10-8-6-4-2/h3-20,25-56H2,1-2H3,(H,59,61)(H,60,62). The molecule has 4 nitrogen and oxygen atoms in total. The lowest BCUT2D eigenvalue weighted by atomic mass is 10.0. The smallest absolute Gasteiger partial charge is 0.219 e. The zero-order chi connectivity index (χ0) is 44.8. The Kier molecular flexibility index (Phi) is 53.5. The molecular formula is C58H108N2O2. The molecule has 4 heteroatoms. The van der Waals surface area contributed by atoms with Crippen molar-refractivity contribution in [1.29, 1.82) is 0 Å². The Morgan fingerprint density at radius 3 is 0.742 bits per heavy atom. The number of carbonyl (C=O) groups is 2. The lowest BCUT2D eigenvalue weighted by molar-refractivity contribution is -0.122. The summed E-state index contributed by atoms with van der Waals surface area (Å²) in [5, 5.41) is 6.27. The molecule has 0 spiro atoms. The van der Waals surface area contributed by atoms with Gasteiger partial charge in [-0.15, -0.1) is 0 Å². The van der Waals surface area contributed by atoms with Gasteiger partial charge in [0.25, 0.3) is 0 Å². The summed E-state index contributed by atoms with van der Waals surface area (Å²) in [6.45, 7) is 6.29. The number of hydrogen-bond acceptors (Lipinski definition) is 2. The van der Waals surface area contributed by atoms with Gasteiger partial charge in [-0.3, -0.25) is 9.59 Å². The van der Waals surface area contributed by atoms with Crippen molar-refractivity contribution < 1.29 is 9.59 Å². The SMILES string of the molecule is CCCCCCCCCCCCCCCCCCNC(=O)CCCCCCCCC#CC#CCCCCCCCCC(=O)NCCCCCCCCCCCCCCCCCC. The van der Waals surface area contributed by atoms with Crippen LogP contribution in [0.5, 0.6) is 0 Å². The van der Waals surface area contributed by atoms with Crippen LogP contribution in [0, 0.1) is 23.7 Å². The second-order valence-electron chi connectivity index (χ2n) is 19.2. The van der Waals surface area contributed by atoms with Gasteiger partial charge in [-0.05, 0) is 50.4 Å². The van der Waals surface area contributed by atoms with E-state index < -0.39 is 0 Å². The minimum atomic E-state index is 0.241. The number of rotatable bonds is 50. The van der Waals surface area contributed by atoms with Crippen molar-refractivity contribution in [3.63, 3.8) is 0 Å². The van der Waals surface area contributed by atoms with Crippen LogP contribution in [0.25, 0.3) is 0 Å². The molecule has 0 radical (unpaired) electrons. The van der Waals surface area contributed by atoms with Gasteiger partial charge in [-0.25, -0.2) is 0 Å². The van der Waals surface area contributed by atoms with Gasteiger partial charge >= 0.3 is 0 Å². The highest BCUT2D eigenvalue weighted by molar-refractivity contribution is 5.76. The number of amides is 2. The van der Waals surface area contributed by atoms with Gasteiger partial charge in [0.15, 0.2) is 0 Å². The Hall–Kier alpha value is -1.94. The summed E-state index contributed by atoms with van der Waals surface area (Å²) in [5.41, 5.74) is 0. The van der Waals surface area contributed by atoms with Gasteiger partial charge in [0.2, 0.25) is 11.8 Å². The molecule has 362 valence electrons. The third kappa shape index (κ3) is 54.2. The molecule has 0 aliphatic heterocycles. The maximum Gasteiger partial charge on any atom is 0.219 e. The molecule has 0 bridgehead atoms. The Morgan fingerprint density at radius 2 is 0.484 bits per heavy atom. The van der Waals surface area contributed by atoms with E-state index in [9.17, 15) is 9.59 Å². The topological polar surface area (TPSA) is 58.2 Å². The van der Waals surface area contributed by atoms with Crippen molar-refractivity contribution in [2.24, 2.45) is 0 Å². The largest absolute Gasteiger partial charge is 0.356 e. The number of carbonyl (C=O) groups excluding carboxylic acids is 2. The normalized spacial score (nSPS) is 10.9. The number of unbranched alkanes of at least 4 members (excludes halogenated alkanes) is 42. The van der Waals surface area contributed by atoms with E-state index in [1.807, 2.05) is 0 Å². The highest BCUT2D eigenvalue weighted by atomic mass is 16.2. The van der Waals surface area contributed by atoms with Crippen molar-refractivity contribution >= 4 is 11.8 Å². The van der Waals surface area contributed by atoms with Gasteiger partial charge in [0.05, 0.1) is 0 Å². The van der Waals surface area contributed by atoms with Gasteiger partial charge in [0.1, 0.15) is 0 Å². The van der Waals surface area contributed by atoms with Crippen LogP contribution in [0.15, 0.2) is 0 Å². The zero-order valence-corrected chi connectivity index (χ0v) is 42.2. The Balaban J connectivity index is 3.32. The monoisotopic (exact) mass is 865 g/mol. The Bertz CT molecular complexity index is 950. The first kappa shape index (κ1) is 60.1. The maximum absolute atomic E-state index is 12.2. The molecule has 0 aromatic heterocycles. The molecule has 0 unspecified atom stereocenters. The van der Waals surface area contributed by atoms with Crippen LogP contribution in [0.3, 0.4) is 0 Å². The molecule has 2 N–H and O–H groups in total. The molecule has 0 saturated heterocycles. The summed E-state index contributed by atoms with van der Waals surface area (Å²) < 4.78 is 0. The average molecular weight is 866 g/mol. The van der Waals surface area contributed by atoms with E-state index in [2.05, 4.69) is 48.2 Å². The Morgan fingerprint density at radius 1 is 0.274 bits per heavy atom. The first-order valence-corrected chi connectivity index (χ1v) is 28.2. The van der Waals surface area contributed by atoms with Crippen LogP contribution in [0.1, 0.15) is 322 Å². The Labute approximate surface area is 389 Å². The molecule has 2 amide bonds. The van der Waals surface area contributed by atoms with Crippen LogP contribution in [-0.2, 0) is 9.59 Å². The zero-order valence-electron chi connectivity index (χ0n) is 42.2. The highest BCUT2D eigenvalue weighted by Crippen LogP contribution is 2.16. The minimum Gasteiger partial charge on any atom is -0.356 e. The lowest BCUT2D eigenvalue weighted by Gasteiger charge is -2.06. The van der Waals surface area contributed by atoms with Gasteiger partial charge < -0.3 is 10.6 Å². The molecule has 0 saturated carbocycles. The fraction of sp³-hybridized carbons (Fsp3) is 0.897. The van der Waals surface area contributed by atoms with Gasteiger partial charge in [0, 0.05) is 38.8 Å². The third-order valence-corrected chi connectivity index (χ3v) is 12.9. The number of nitrogens with one attached hydrogen (secondary N) is 2. The predicted octanol–water partition coefficient (Wildman–Crippen LogP) is 18.0. The fourth-order valence-corrected chi connectivity index (χ4v) is 8.60. The second-order valence-corrected chi connectivity index (χ2v) is 19.2. The van der Waals surface area contributed by atoms with E-state index in [0.29, 0.717) is 12.8 Å². The third-order valence-electron chi connectivity index (χ3n) is 12.9. The van der Waals surface area contributed by atoms with Crippen LogP contribution < -0.4 is 10.6 Å². The first-order chi connectivity index (χ1) is 30.7. The van der Waals surface area contributed by atoms with E-state index in [1.54, 1.807) is 0 Å².